The average Bonchev–Trinajstić information content (AvgIpc) is 3.15. The number of rotatable bonds is 3. The van der Waals surface area contributed by atoms with Crippen molar-refractivity contribution in [3.8, 4) is 5.69 Å². The van der Waals surface area contributed by atoms with Crippen LogP contribution in [-0.2, 0) is 4.79 Å². The van der Waals surface area contributed by atoms with Gasteiger partial charge < -0.3 is 10.0 Å². The van der Waals surface area contributed by atoms with Gasteiger partial charge in [-0.15, -0.1) is 0 Å². The molecule has 2 fully saturated rings. The van der Waals surface area contributed by atoms with Crippen LogP contribution in [0.2, 0.25) is 0 Å². The highest BCUT2D eigenvalue weighted by molar-refractivity contribution is 5.94. The fraction of sp³-hybridized carbons (Fsp3) is 0.421. The molecule has 2 aromatic rings. The summed E-state index contributed by atoms with van der Waals surface area (Å²) < 4.78 is 1.79. The molecule has 6 heteroatoms. The average molecular weight is 339 g/mol. The van der Waals surface area contributed by atoms with Crippen LogP contribution in [0.1, 0.15) is 35.2 Å². The number of carboxylic acid groups (broad SMARTS) is 1. The van der Waals surface area contributed by atoms with E-state index < -0.39 is 5.97 Å². The number of carbonyl (C=O) groups is 2. The third kappa shape index (κ3) is 2.81. The van der Waals surface area contributed by atoms with E-state index >= 15 is 0 Å². The fourth-order valence-electron chi connectivity index (χ4n) is 3.90. The largest absolute Gasteiger partial charge is 0.481 e. The second kappa shape index (κ2) is 5.72. The van der Waals surface area contributed by atoms with Crippen LogP contribution in [0.15, 0.2) is 36.7 Å². The lowest BCUT2D eigenvalue weighted by Gasteiger charge is -2.32. The van der Waals surface area contributed by atoms with Crippen molar-refractivity contribution in [3.05, 3.63) is 47.8 Å². The number of benzene rings is 1. The van der Waals surface area contributed by atoms with Gasteiger partial charge in [-0.2, -0.15) is 5.10 Å². The molecule has 0 bridgehead atoms. The molecule has 1 amide bonds. The van der Waals surface area contributed by atoms with E-state index in [4.69, 9.17) is 5.11 Å². The van der Waals surface area contributed by atoms with Crippen LogP contribution >= 0.6 is 0 Å². The van der Waals surface area contributed by atoms with E-state index in [1.165, 1.54) is 0 Å². The number of nitrogens with zero attached hydrogens (tertiary/aromatic N) is 3. The van der Waals surface area contributed by atoms with E-state index in [0.717, 1.165) is 30.5 Å². The van der Waals surface area contributed by atoms with Crippen molar-refractivity contribution in [2.75, 3.05) is 13.1 Å². The van der Waals surface area contributed by atoms with Gasteiger partial charge in [0.05, 0.1) is 17.8 Å². The molecule has 2 aliphatic rings. The molecular formula is C19H21N3O3. The molecule has 1 N–H and O–H groups in total. The highest BCUT2D eigenvalue weighted by atomic mass is 16.4. The second-order valence-electron chi connectivity index (χ2n) is 7.26. The number of piperidine rings is 1. The van der Waals surface area contributed by atoms with Crippen LogP contribution < -0.4 is 0 Å². The maximum Gasteiger partial charge on any atom is 0.307 e. The Morgan fingerprint density at radius 2 is 1.88 bits per heavy atom. The maximum atomic E-state index is 12.7. The summed E-state index contributed by atoms with van der Waals surface area (Å²) in [6.45, 7) is 3.27. The molecule has 25 heavy (non-hydrogen) atoms. The first-order valence-corrected chi connectivity index (χ1v) is 8.62. The minimum Gasteiger partial charge on any atom is -0.481 e. The van der Waals surface area contributed by atoms with E-state index in [-0.39, 0.29) is 17.2 Å². The molecule has 1 unspecified atom stereocenters. The lowest BCUT2D eigenvalue weighted by molar-refractivity contribution is -0.139. The fourth-order valence-corrected chi connectivity index (χ4v) is 3.90. The summed E-state index contributed by atoms with van der Waals surface area (Å²) in [5, 5.41) is 13.4. The van der Waals surface area contributed by atoms with Gasteiger partial charge in [-0.3, -0.25) is 9.59 Å². The zero-order valence-corrected chi connectivity index (χ0v) is 14.2. The maximum absolute atomic E-state index is 12.7. The van der Waals surface area contributed by atoms with E-state index in [1.807, 2.05) is 42.3 Å². The van der Waals surface area contributed by atoms with Crippen LogP contribution in [0, 0.1) is 18.3 Å². The minimum absolute atomic E-state index is 0.0190. The Balaban J connectivity index is 1.41. The molecule has 1 atom stereocenters. The molecule has 6 nitrogen and oxygen atoms in total. The number of likely N-dealkylation sites (tertiary alicyclic amines) is 1. The molecule has 2 heterocycles. The molecule has 1 saturated carbocycles. The van der Waals surface area contributed by atoms with E-state index in [0.29, 0.717) is 18.7 Å². The van der Waals surface area contributed by atoms with Crippen LogP contribution in [0.5, 0.6) is 0 Å². The van der Waals surface area contributed by atoms with Gasteiger partial charge in [0.1, 0.15) is 0 Å². The SMILES string of the molecule is Cc1cnn(-c2ccc(C(=O)N3CCC4(CC3)CC4C(=O)O)cc2)c1. The summed E-state index contributed by atoms with van der Waals surface area (Å²) in [5.41, 5.74) is 2.62. The number of aromatic nitrogens is 2. The van der Waals surface area contributed by atoms with Crippen molar-refractivity contribution in [2.45, 2.75) is 26.2 Å². The molecule has 1 aliphatic heterocycles. The van der Waals surface area contributed by atoms with Gasteiger partial charge in [0.25, 0.3) is 5.91 Å². The Labute approximate surface area is 146 Å². The molecule has 1 aromatic carbocycles. The molecule has 1 saturated heterocycles. The van der Waals surface area contributed by atoms with Crippen molar-refractivity contribution in [3.63, 3.8) is 0 Å². The van der Waals surface area contributed by atoms with Gasteiger partial charge in [0.2, 0.25) is 0 Å². The number of carbonyl (C=O) groups excluding carboxylic acids is 1. The number of aliphatic carboxylic acids is 1. The highest BCUT2D eigenvalue weighted by Gasteiger charge is 2.59. The molecular weight excluding hydrogens is 318 g/mol. The minimum atomic E-state index is -0.691. The number of aryl methyl sites for hydroxylation is 1. The molecule has 1 aromatic heterocycles. The van der Waals surface area contributed by atoms with E-state index in [9.17, 15) is 9.59 Å². The predicted molar refractivity (Wildman–Crippen MR) is 91.6 cm³/mol. The van der Waals surface area contributed by atoms with Gasteiger partial charge in [-0.05, 0) is 61.4 Å². The van der Waals surface area contributed by atoms with E-state index in [1.54, 1.807) is 10.9 Å². The Bertz CT molecular complexity index is 817. The van der Waals surface area contributed by atoms with Gasteiger partial charge in [0, 0.05) is 24.8 Å². The summed E-state index contributed by atoms with van der Waals surface area (Å²) >= 11 is 0. The van der Waals surface area contributed by atoms with Gasteiger partial charge in [-0.1, -0.05) is 0 Å². The molecule has 4 rings (SSSR count). The number of hydrogen-bond donors (Lipinski definition) is 1. The number of carboxylic acids is 1. The predicted octanol–water partition coefficient (Wildman–Crippen LogP) is 2.51. The van der Waals surface area contributed by atoms with Crippen LogP contribution in [0.25, 0.3) is 5.69 Å². The topological polar surface area (TPSA) is 75.4 Å². The van der Waals surface area contributed by atoms with Crippen molar-refractivity contribution in [1.82, 2.24) is 14.7 Å². The zero-order chi connectivity index (χ0) is 17.6. The Morgan fingerprint density at radius 1 is 1.20 bits per heavy atom. The second-order valence-corrected chi connectivity index (χ2v) is 7.26. The first-order valence-electron chi connectivity index (χ1n) is 8.62. The third-order valence-electron chi connectivity index (χ3n) is 5.62. The van der Waals surface area contributed by atoms with Crippen LogP contribution in [0.3, 0.4) is 0 Å². The van der Waals surface area contributed by atoms with Gasteiger partial charge in [0.15, 0.2) is 0 Å². The van der Waals surface area contributed by atoms with Crippen molar-refractivity contribution in [2.24, 2.45) is 11.3 Å². The molecule has 1 spiro atoms. The first-order chi connectivity index (χ1) is 12.0. The molecule has 1 aliphatic carbocycles. The summed E-state index contributed by atoms with van der Waals surface area (Å²) in [6.07, 6.45) is 6.09. The standard InChI is InChI=1S/C19H21N3O3/c1-13-11-20-22(12-13)15-4-2-14(3-5-15)17(23)21-8-6-19(7-9-21)10-16(19)18(24)25/h2-5,11-12,16H,6-10H2,1H3,(H,24,25). The molecule has 0 radical (unpaired) electrons. The summed E-state index contributed by atoms with van der Waals surface area (Å²) in [7, 11) is 0. The van der Waals surface area contributed by atoms with Crippen LogP contribution in [0.4, 0.5) is 0 Å². The van der Waals surface area contributed by atoms with Gasteiger partial charge >= 0.3 is 5.97 Å². The highest BCUT2D eigenvalue weighted by Crippen LogP contribution is 2.59. The van der Waals surface area contributed by atoms with Crippen LogP contribution in [-0.4, -0.2) is 44.8 Å². The molecule has 130 valence electrons. The third-order valence-corrected chi connectivity index (χ3v) is 5.62. The summed E-state index contributed by atoms with van der Waals surface area (Å²) in [5.74, 6) is -0.878. The van der Waals surface area contributed by atoms with Crippen molar-refractivity contribution in [1.29, 1.82) is 0 Å². The number of amides is 1. The first kappa shape index (κ1) is 15.9. The quantitative estimate of drug-likeness (QED) is 0.932. The number of hydrogen-bond acceptors (Lipinski definition) is 3. The summed E-state index contributed by atoms with van der Waals surface area (Å²) in [4.78, 5) is 25.7. The normalized spacial score (nSPS) is 21.3. The zero-order valence-electron chi connectivity index (χ0n) is 14.2. The Morgan fingerprint density at radius 3 is 2.40 bits per heavy atom. The summed E-state index contributed by atoms with van der Waals surface area (Å²) in [6, 6.07) is 7.45. The van der Waals surface area contributed by atoms with Gasteiger partial charge in [-0.25, -0.2) is 4.68 Å². The lowest BCUT2D eigenvalue weighted by atomic mass is 9.90. The Hall–Kier alpha value is -2.63. The monoisotopic (exact) mass is 339 g/mol. The Kier molecular flexibility index (Phi) is 3.63. The van der Waals surface area contributed by atoms with Crippen molar-refractivity contribution >= 4 is 11.9 Å². The lowest BCUT2D eigenvalue weighted by Crippen LogP contribution is -2.40. The van der Waals surface area contributed by atoms with E-state index in [2.05, 4.69) is 5.10 Å². The van der Waals surface area contributed by atoms with Crippen molar-refractivity contribution < 1.29 is 14.7 Å². The smallest absolute Gasteiger partial charge is 0.307 e.